The average molecular weight is 260 g/mol. The zero-order chi connectivity index (χ0) is 13.7. The van der Waals surface area contributed by atoms with Crippen LogP contribution in [-0.4, -0.2) is 31.1 Å². The van der Waals surface area contributed by atoms with E-state index in [1.54, 1.807) is 0 Å². The molecule has 106 valence electrons. The lowest BCUT2D eigenvalue weighted by molar-refractivity contribution is 0.116. The zero-order valence-electron chi connectivity index (χ0n) is 12.6. The van der Waals surface area contributed by atoms with Crippen molar-refractivity contribution in [3.8, 4) is 0 Å². The van der Waals surface area contributed by atoms with Gasteiger partial charge in [0.2, 0.25) is 0 Å². The predicted octanol–water partition coefficient (Wildman–Crippen LogP) is 3.29. The Hall–Kier alpha value is -0.860. The van der Waals surface area contributed by atoms with Gasteiger partial charge in [0.15, 0.2) is 0 Å². The van der Waals surface area contributed by atoms with Gasteiger partial charge in [-0.25, -0.2) is 0 Å². The minimum Gasteiger partial charge on any atom is -0.315 e. The number of hydrogen-bond donors (Lipinski definition) is 1. The molecule has 0 aliphatic heterocycles. The van der Waals surface area contributed by atoms with E-state index in [2.05, 4.69) is 61.6 Å². The van der Waals surface area contributed by atoms with E-state index in [9.17, 15) is 0 Å². The number of nitrogens with zero attached hydrogens (tertiary/aromatic N) is 1. The number of benzene rings is 1. The molecule has 0 heterocycles. The van der Waals surface area contributed by atoms with Crippen molar-refractivity contribution < 1.29 is 0 Å². The Balaban J connectivity index is 2.00. The maximum absolute atomic E-state index is 3.52. The largest absolute Gasteiger partial charge is 0.315 e. The van der Waals surface area contributed by atoms with E-state index in [1.807, 2.05) is 0 Å². The van der Waals surface area contributed by atoms with Gasteiger partial charge in [0.25, 0.3) is 0 Å². The smallest absolute Gasteiger partial charge is 0.0252 e. The van der Waals surface area contributed by atoms with Crippen molar-refractivity contribution >= 4 is 0 Å². The van der Waals surface area contributed by atoms with E-state index < -0.39 is 0 Å². The van der Waals surface area contributed by atoms with Crippen molar-refractivity contribution in [3.63, 3.8) is 0 Å². The zero-order valence-corrected chi connectivity index (χ0v) is 12.6. The van der Waals surface area contributed by atoms with E-state index in [0.29, 0.717) is 12.1 Å². The van der Waals surface area contributed by atoms with Crippen molar-refractivity contribution in [2.24, 2.45) is 5.92 Å². The molecule has 1 N–H and O–H groups in total. The van der Waals surface area contributed by atoms with E-state index in [-0.39, 0.29) is 0 Å². The summed E-state index contributed by atoms with van der Waals surface area (Å²) >= 11 is 0. The lowest BCUT2D eigenvalue weighted by Gasteiger charge is -2.41. The van der Waals surface area contributed by atoms with Gasteiger partial charge in [-0.3, -0.25) is 4.90 Å². The molecule has 0 saturated heterocycles. The molecule has 2 nitrogen and oxygen atoms in total. The molecule has 0 spiro atoms. The average Bonchev–Trinajstić information content (AvgIpc) is 2.47. The summed E-state index contributed by atoms with van der Waals surface area (Å²) in [5, 5.41) is 3.52. The highest BCUT2D eigenvalue weighted by Crippen LogP contribution is 2.30. The molecule has 1 aliphatic carbocycles. The molecule has 3 unspecified atom stereocenters. The predicted molar refractivity (Wildman–Crippen MR) is 82.2 cm³/mol. The van der Waals surface area contributed by atoms with Gasteiger partial charge in [0, 0.05) is 18.6 Å². The van der Waals surface area contributed by atoms with E-state index in [1.165, 1.54) is 31.2 Å². The van der Waals surface area contributed by atoms with Crippen LogP contribution in [0.4, 0.5) is 0 Å². The molecule has 0 amide bonds. The van der Waals surface area contributed by atoms with Crippen LogP contribution >= 0.6 is 0 Å². The SMILES string of the molecule is CCC1CCC(NC)C(N(C)Cc2ccccc2)C1. The highest BCUT2D eigenvalue weighted by Gasteiger charge is 2.31. The molecule has 3 atom stereocenters. The number of rotatable bonds is 5. The second-order valence-electron chi connectivity index (χ2n) is 5.95. The Morgan fingerprint density at radius 1 is 1.21 bits per heavy atom. The molecule has 1 aliphatic rings. The van der Waals surface area contributed by atoms with Crippen LogP contribution in [0.5, 0.6) is 0 Å². The molecule has 2 rings (SSSR count). The minimum atomic E-state index is 0.650. The Bertz CT molecular complexity index is 363. The Labute approximate surface area is 118 Å². The van der Waals surface area contributed by atoms with Gasteiger partial charge in [-0.15, -0.1) is 0 Å². The third-order valence-electron chi connectivity index (χ3n) is 4.71. The molecular formula is C17H28N2. The Morgan fingerprint density at radius 3 is 2.58 bits per heavy atom. The van der Waals surface area contributed by atoms with Gasteiger partial charge >= 0.3 is 0 Å². The molecule has 0 aromatic heterocycles. The molecule has 2 heteroatoms. The van der Waals surface area contributed by atoms with Crippen LogP contribution in [-0.2, 0) is 6.54 Å². The molecular weight excluding hydrogens is 232 g/mol. The highest BCUT2D eigenvalue weighted by atomic mass is 15.2. The molecule has 1 aromatic rings. The lowest BCUT2D eigenvalue weighted by Crippen LogP contribution is -2.50. The fourth-order valence-electron chi connectivity index (χ4n) is 3.41. The summed E-state index contributed by atoms with van der Waals surface area (Å²) in [6.45, 7) is 3.39. The van der Waals surface area contributed by atoms with Crippen molar-refractivity contribution in [1.82, 2.24) is 10.2 Å². The van der Waals surface area contributed by atoms with Crippen molar-refractivity contribution in [3.05, 3.63) is 35.9 Å². The third-order valence-corrected chi connectivity index (χ3v) is 4.71. The van der Waals surface area contributed by atoms with Crippen LogP contribution in [0.15, 0.2) is 30.3 Å². The van der Waals surface area contributed by atoms with Crippen LogP contribution in [0.3, 0.4) is 0 Å². The van der Waals surface area contributed by atoms with Crippen LogP contribution in [0.1, 0.15) is 38.2 Å². The molecule has 0 radical (unpaired) electrons. The van der Waals surface area contributed by atoms with Crippen molar-refractivity contribution in [2.75, 3.05) is 14.1 Å². The van der Waals surface area contributed by atoms with Crippen LogP contribution in [0, 0.1) is 5.92 Å². The Morgan fingerprint density at radius 2 is 1.95 bits per heavy atom. The number of nitrogens with one attached hydrogen (secondary N) is 1. The maximum Gasteiger partial charge on any atom is 0.0252 e. The third kappa shape index (κ3) is 3.80. The molecule has 0 bridgehead atoms. The minimum absolute atomic E-state index is 0.650. The standard InChI is InChI=1S/C17H28N2/c1-4-14-10-11-16(18-2)17(12-14)19(3)13-15-8-6-5-7-9-15/h5-9,14,16-18H,4,10-13H2,1-3H3. The summed E-state index contributed by atoms with van der Waals surface area (Å²) in [4.78, 5) is 2.54. The normalized spacial score (nSPS) is 27.7. The quantitative estimate of drug-likeness (QED) is 0.874. The van der Waals surface area contributed by atoms with Crippen molar-refractivity contribution in [2.45, 2.75) is 51.2 Å². The summed E-state index contributed by atoms with van der Waals surface area (Å²) in [6, 6.07) is 12.1. The highest BCUT2D eigenvalue weighted by molar-refractivity contribution is 5.14. The fraction of sp³-hybridized carbons (Fsp3) is 0.647. The van der Waals surface area contributed by atoms with Crippen LogP contribution in [0.2, 0.25) is 0 Å². The van der Waals surface area contributed by atoms with E-state index in [0.717, 1.165) is 12.5 Å². The summed E-state index contributed by atoms with van der Waals surface area (Å²) in [5.74, 6) is 0.910. The first-order chi connectivity index (χ1) is 9.24. The molecule has 1 fully saturated rings. The number of likely N-dealkylation sites (N-methyl/N-ethyl adjacent to an activating group) is 2. The second-order valence-corrected chi connectivity index (χ2v) is 5.95. The number of hydrogen-bond acceptors (Lipinski definition) is 2. The van der Waals surface area contributed by atoms with Crippen molar-refractivity contribution in [1.29, 1.82) is 0 Å². The van der Waals surface area contributed by atoms with Crippen LogP contribution < -0.4 is 5.32 Å². The first-order valence-electron chi connectivity index (χ1n) is 7.66. The van der Waals surface area contributed by atoms with Gasteiger partial charge in [-0.05, 0) is 44.8 Å². The maximum atomic E-state index is 3.52. The van der Waals surface area contributed by atoms with Crippen LogP contribution in [0.25, 0.3) is 0 Å². The van der Waals surface area contributed by atoms with E-state index in [4.69, 9.17) is 0 Å². The monoisotopic (exact) mass is 260 g/mol. The van der Waals surface area contributed by atoms with Gasteiger partial charge in [0.1, 0.15) is 0 Å². The summed E-state index contributed by atoms with van der Waals surface area (Å²) in [5.41, 5.74) is 1.42. The summed E-state index contributed by atoms with van der Waals surface area (Å²) in [6.07, 6.45) is 5.37. The second kappa shape index (κ2) is 7.06. The first-order valence-corrected chi connectivity index (χ1v) is 7.66. The van der Waals surface area contributed by atoms with Gasteiger partial charge in [0.05, 0.1) is 0 Å². The van der Waals surface area contributed by atoms with Gasteiger partial charge in [-0.1, -0.05) is 43.7 Å². The molecule has 19 heavy (non-hydrogen) atoms. The molecule has 1 aromatic carbocycles. The first kappa shape index (κ1) is 14.5. The topological polar surface area (TPSA) is 15.3 Å². The fourth-order valence-corrected chi connectivity index (χ4v) is 3.41. The Kier molecular flexibility index (Phi) is 5.41. The van der Waals surface area contributed by atoms with Gasteiger partial charge < -0.3 is 5.32 Å². The van der Waals surface area contributed by atoms with E-state index >= 15 is 0 Å². The summed E-state index contributed by atoms with van der Waals surface area (Å²) in [7, 11) is 4.39. The summed E-state index contributed by atoms with van der Waals surface area (Å²) < 4.78 is 0. The van der Waals surface area contributed by atoms with Gasteiger partial charge in [-0.2, -0.15) is 0 Å². The molecule has 1 saturated carbocycles. The lowest BCUT2D eigenvalue weighted by atomic mass is 9.80.